The van der Waals surface area contributed by atoms with Gasteiger partial charge in [0.2, 0.25) is 5.91 Å². The van der Waals surface area contributed by atoms with Gasteiger partial charge in [-0.25, -0.2) is 9.97 Å². The smallest absolute Gasteiger partial charge is 0.229 e. The molecule has 0 saturated heterocycles. The van der Waals surface area contributed by atoms with Gasteiger partial charge in [-0.2, -0.15) is 0 Å². The van der Waals surface area contributed by atoms with E-state index in [0.717, 1.165) is 22.5 Å². The summed E-state index contributed by atoms with van der Waals surface area (Å²) in [6, 6.07) is 14.6. The second-order valence-corrected chi connectivity index (χ2v) is 6.31. The molecule has 0 spiro atoms. The van der Waals surface area contributed by atoms with E-state index in [-0.39, 0.29) is 12.3 Å². The fraction of sp³-hybridized carbons (Fsp3) is 0.150. The molecule has 1 heterocycles. The highest BCUT2D eigenvalue weighted by molar-refractivity contribution is 6.30. The molecular weight excluding hydrogens is 348 g/mol. The first kappa shape index (κ1) is 17.9. The number of benzene rings is 2. The molecule has 0 bridgehead atoms. The van der Waals surface area contributed by atoms with E-state index < -0.39 is 0 Å². The Bertz CT molecular complexity index is 908. The lowest BCUT2D eigenvalue weighted by molar-refractivity contribution is -0.115. The van der Waals surface area contributed by atoms with Crippen molar-refractivity contribution >= 4 is 29.0 Å². The van der Waals surface area contributed by atoms with E-state index in [1.54, 1.807) is 18.3 Å². The minimum Gasteiger partial charge on any atom is -0.399 e. The molecule has 0 aliphatic rings. The van der Waals surface area contributed by atoms with E-state index in [0.29, 0.717) is 22.9 Å². The normalized spacial score (nSPS) is 10.5. The quantitative estimate of drug-likeness (QED) is 0.665. The summed E-state index contributed by atoms with van der Waals surface area (Å²) in [7, 11) is 0. The van der Waals surface area contributed by atoms with Crippen LogP contribution in [-0.4, -0.2) is 15.9 Å². The average Bonchev–Trinajstić information content (AvgIpc) is 2.64. The van der Waals surface area contributed by atoms with Crippen LogP contribution < -0.4 is 11.1 Å². The molecule has 3 aromatic rings. The number of aryl methyl sites for hydroxylation is 1. The van der Waals surface area contributed by atoms with Gasteiger partial charge in [-0.1, -0.05) is 42.8 Å². The van der Waals surface area contributed by atoms with Crippen molar-refractivity contribution in [2.24, 2.45) is 0 Å². The van der Waals surface area contributed by atoms with Crippen LogP contribution in [0.2, 0.25) is 5.02 Å². The van der Waals surface area contributed by atoms with Crippen LogP contribution in [0.5, 0.6) is 0 Å². The first-order valence-electron chi connectivity index (χ1n) is 8.31. The highest BCUT2D eigenvalue weighted by Gasteiger charge is 2.11. The zero-order chi connectivity index (χ0) is 18.5. The molecule has 0 radical (unpaired) electrons. The van der Waals surface area contributed by atoms with Crippen LogP contribution in [0, 0.1) is 0 Å². The van der Waals surface area contributed by atoms with E-state index >= 15 is 0 Å². The van der Waals surface area contributed by atoms with Gasteiger partial charge in [-0.15, -0.1) is 0 Å². The van der Waals surface area contributed by atoms with Gasteiger partial charge in [0.15, 0.2) is 5.82 Å². The molecule has 6 heteroatoms. The molecule has 0 aliphatic carbocycles. The minimum atomic E-state index is -0.142. The molecule has 0 atom stereocenters. The maximum Gasteiger partial charge on any atom is 0.229 e. The maximum absolute atomic E-state index is 12.3. The van der Waals surface area contributed by atoms with Gasteiger partial charge in [0.1, 0.15) is 0 Å². The number of hydrogen-bond acceptors (Lipinski definition) is 4. The first-order valence-corrected chi connectivity index (χ1v) is 8.69. The summed E-state index contributed by atoms with van der Waals surface area (Å²) in [5.74, 6) is 0.349. The second-order valence-electron chi connectivity index (χ2n) is 5.88. The second kappa shape index (κ2) is 7.97. The molecule has 1 aromatic heterocycles. The van der Waals surface area contributed by atoms with Gasteiger partial charge < -0.3 is 11.1 Å². The summed E-state index contributed by atoms with van der Waals surface area (Å²) >= 11 is 5.87. The van der Waals surface area contributed by atoms with Crippen molar-refractivity contribution in [2.75, 3.05) is 11.1 Å². The number of rotatable bonds is 5. The molecule has 0 unspecified atom stereocenters. The molecule has 0 saturated carbocycles. The Morgan fingerprint density at radius 1 is 1.12 bits per heavy atom. The highest BCUT2D eigenvalue weighted by atomic mass is 35.5. The SMILES string of the molecule is CCc1nc(-c2ccc(N)cc2)cnc1NC(=O)Cc1ccc(Cl)cc1. The zero-order valence-electron chi connectivity index (χ0n) is 14.4. The lowest BCUT2D eigenvalue weighted by atomic mass is 10.1. The van der Waals surface area contributed by atoms with E-state index in [2.05, 4.69) is 15.3 Å². The van der Waals surface area contributed by atoms with Crippen molar-refractivity contribution in [3.63, 3.8) is 0 Å². The average molecular weight is 367 g/mol. The summed E-state index contributed by atoms with van der Waals surface area (Å²) in [6.07, 6.45) is 2.57. The number of nitrogens with zero attached hydrogens (tertiary/aromatic N) is 2. The number of nitrogens with one attached hydrogen (secondary N) is 1. The molecule has 5 nitrogen and oxygen atoms in total. The van der Waals surface area contributed by atoms with Gasteiger partial charge in [0.25, 0.3) is 0 Å². The molecule has 132 valence electrons. The number of carbonyl (C=O) groups is 1. The number of halogens is 1. The van der Waals surface area contributed by atoms with Crippen molar-refractivity contribution in [1.29, 1.82) is 0 Å². The summed E-state index contributed by atoms with van der Waals surface area (Å²) in [5.41, 5.74) is 9.72. The summed E-state index contributed by atoms with van der Waals surface area (Å²) in [6.45, 7) is 1.98. The van der Waals surface area contributed by atoms with Crippen molar-refractivity contribution in [2.45, 2.75) is 19.8 Å². The Morgan fingerprint density at radius 2 is 1.81 bits per heavy atom. The monoisotopic (exact) mass is 366 g/mol. The predicted octanol–water partition coefficient (Wildman–Crippen LogP) is 4.12. The molecule has 0 fully saturated rings. The fourth-order valence-corrected chi connectivity index (χ4v) is 2.66. The van der Waals surface area contributed by atoms with Gasteiger partial charge in [0.05, 0.1) is 24.0 Å². The summed E-state index contributed by atoms with van der Waals surface area (Å²) in [5, 5.41) is 3.49. The van der Waals surface area contributed by atoms with Gasteiger partial charge in [-0.05, 0) is 36.2 Å². The Hall–Kier alpha value is -2.92. The highest BCUT2D eigenvalue weighted by Crippen LogP contribution is 2.21. The largest absolute Gasteiger partial charge is 0.399 e. The van der Waals surface area contributed by atoms with E-state index in [1.807, 2.05) is 43.3 Å². The topological polar surface area (TPSA) is 80.9 Å². The Morgan fingerprint density at radius 3 is 2.46 bits per heavy atom. The molecule has 3 N–H and O–H groups in total. The predicted molar refractivity (Wildman–Crippen MR) is 105 cm³/mol. The van der Waals surface area contributed by atoms with Crippen LogP contribution >= 0.6 is 11.6 Å². The number of aromatic nitrogens is 2. The molecule has 1 amide bonds. The van der Waals surface area contributed by atoms with Gasteiger partial charge in [0, 0.05) is 16.3 Å². The lowest BCUT2D eigenvalue weighted by Gasteiger charge is -2.10. The van der Waals surface area contributed by atoms with Crippen LogP contribution in [0.1, 0.15) is 18.2 Å². The molecular formula is C20H19ClN4O. The van der Waals surface area contributed by atoms with Crippen LogP contribution in [0.3, 0.4) is 0 Å². The number of nitrogens with two attached hydrogens (primary N) is 1. The number of amides is 1. The van der Waals surface area contributed by atoms with E-state index in [4.69, 9.17) is 17.3 Å². The van der Waals surface area contributed by atoms with Crippen molar-refractivity contribution in [1.82, 2.24) is 9.97 Å². The van der Waals surface area contributed by atoms with E-state index in [9.17, 15) is 4.79 Å². The molecule has 2 aromatic carbocycles. The van der Waals surface area contributed by atoms with Crippen LogP contribution in [0.4, 0.5) is 11.5 Å². The summed E-state index contributed by atoms with van der Waals surface area (Å²) in [4.78, 5) is 21.3. The van der Waals surface area contributed by atoms with Crippen molar-refractivity contribution < 1.29 is 4.79 Å². The third kappa shape index (κ3) is 4.37. The summed E-state index contributed by atoms with van der Waals surface area (Å²) < 4.78 is 0. The van der Waals surface area contributed by atoms with Crippen LogP contribution in [-0.2, 0) is 17.6 Å². The Balaban J connectivity index is 1.76. The third-order valence-electron chi connectivity index (χ3n) is 3.92. The number of hydrogen-bond donors (Lipinski definition) is 2. The van der Waals surface area contributed by atoms with Crippen molar-refractivity contribution in [3.8, 4) is 11.3 Å². The Labute approximate surface area is 157 Å². The van der Waals surface area contributed by atoms with Gasteiger partial charge in [-0.3, -0.25) is 4.79 Å². The van der Waals surface area contributed by atoms with Gasteiger partial charge >= 0.3 is 0 Å². The Kier molecular flexibility index (Phi) is 5.49. The van der Waals surface area contributed by atoms with Crippen LogP contribution in [0.25, 0.3) is 11.3 Å². The van der Waals surface area contributed by atoms with E-state index in [1.165, 1.54) is 0 Å². The molecule has 3 rings (SSSR count). The third-order valence-corrected chi connectivity index (χ3v) is 4.17. The standard InChI is InChI=1S/C20H19ClN4O/c1-2-17-20(25-19(26)11-13-3-7-15(21)8-4-13)23-12-18(24-17)14-5-9-16(22)10-6-14/h3-10,12H,2,11,22H2,1H3,(H,23,25,26). The van der Waals surface area contributed by atoms with Crippen molar-refractivity contribution in [3.05, 3.63) is 71.0 Å². The zero-order valence-corrected chi connectivity index (χ0v) is 15.1. The van der Waals surface area contributed by atoms with Crippen LogP contribution in [0.15, 0.2) is 54.7 Å². The lowest BCUT2D eigenvalue weighted by Crippen LogP contribution is -2.17. The number of nitrogen functional groups attached to an aromatic ring is 1. The minimum absolute atomic E-state index is 0.142. The number of anilines is 2. The fourth-order valence-electron chi connectivity index (χ4n) is 2.54. The molecule has 26 heavy (non-hydrogen) atoms. The molecule has 0 aliphatic heterocycles. The first-order chi connectivity index (χ1) is 12.5. The number of carbonyl (C=O) groups excluding carboxylic acids is 1. The maximum atomic E-state index is 12.3.